The van der Waals surface area contributed by atoms with E-state index in [1.54, 1.807) is 6.92 Å². The Labute approximate surface area is 114 Å². The maximum atomic E-state index is 12.6. The second-order valence-corrected chi connectivity index (χ2v) is 7.24. The molecule has 19 heavy (non-hydrogen) atoms. The van der Waals surface area contributed by atoms with Crippen LogP contribution in [0.5, 0.6) is 0 Å². The van der Waals surface area contributed by atoms with E-state index in [2.05, 4.69) is 0 Å². The molecular weight excluding hydrogens is 268 g/mol. The van der Waals surface area contributed by atoms with Crippen LogP contribution in [0, 0.1) is 5.92 Å². The van der Waals surface area contributed by atoms with Crippen LogP contribution in [0.4, 0.5) is 0 Å². The van der Waals surface area contributed by atoms with E-state index in [1.165, 1.54) is 8.61 Å². The zero-order chi connectivity index (χ0) is 14.0. The summed E-state index contributed by atoms with van der Waals surface area (Å²) in [6.45, 7) is 3.06. The van der Waals surface area contributed by atoms with Gasteiger partial charge in [0.25, 0.3) is 10.2 Å². The average Bonchev–Trinajstić information content (AvgIpc) is 3.19. The van der Waals surface area contributed by atoms with Crippen molar-refractivity contribution in [2.24, 2.45) is 5.92 Å². The monoisotopic (exact) mass is 290 g/mol. The zero-order valence-corrected chi connectivity index (χ0v) is 12.1. The fourth-order valence-electron chi connectivity index (χ4n) is 2.55. The largest absolute Gasteiger partial charge is 0.480 e. The van der Waals surface area contributed by atoms with Crippen molar-refractivity contribution in [1.29, 1.82) is 0 Å². The number of hydrogen-bond acceptors (Lipinski definition) is 3. The van der Waals surface area contributed by atoms with Gasteiger partial charge < -0.3 is 5.11 Å². The summed E-state index contributed by atoms with van der Waals surface area (Å²) in [7, 11) is -3.64. The van der Waals surface area contributed by atoms with E-state index in [4.69, 9.17) is 0 Å². The molecular formula is C12H22N2O4S. The molecule has 1 aliphatic heterocycles. The van der Waals surface area contributed by atoms with Crippen molar-refractivity contribution < 1.29 is 18.3 Å². The number of carboxylic acid groups (broad SMARTS) is 1. The Hall–Kier alpha value is -0.660. The van der Waals surface area contributed by atoms with Crippen LogP contribution in [0.15, 0.2) is 0 Å². The van der Waals surface area contributed by atoms with Gasteiger partial charge in [-0.15, -0.1) is 0 Å². The first kappa shape index (κ1) is 14.7. The number of carbonyl (C=O) groups is 1. The van der Waals surface area contributed by atoms with Crippen LogP contribution in [0.25, 0.3) is 0 Å². The van der Waals surface area contributed by atoms with Crippen molar-refractivity contribution >= 4 is 16.2 Å². The second-order valence-electron chi connectivity index (χ2n) is 5.36. The molecule has 0 aromatic rings. The molecule has 1 saturated carbocycles. The molecule has 1 aliphatic carbocycles. The molecule has 110 valence electrons. The van der Waals surface area contributed by atoms with Crippen LogP contribution in [0.2, 0.25) is 0 Å². The predicted molar refractivity (Wildman–Crippen MR) is 70.9 cm³/mol. The van der Waals surface area contributed by atoms with Gasteiger partial charge in [0.05, 0.1) is 0 Å². The first-order valence-corrected chi connectivity index (χ1v) is 8.36. The summed E-state index contributed by atoms with van der Waals surface area (Å²) in [4.78, 5) is 11.2. The smallest absolute Gasteiger partial charge is 0.322 e. The molecule has 1 atom stereocenters. The molecule has 1 heterocycles. The molecule has 7 heteroatoms. The lowest BCUT2D eigenvalue weighted by Crippen LogP contribution is -2.53. The van der Waals surface area contributed by atoms with Gasteiger partial charge in [-0.05, 0) is 38.0 Å². The van der Waals surface area contributed by atoms with Crippen LogP contribution >= 0.6 is 0 Å². The Balaban J connectivity index is 2.16. The molecule has 2 aliphatic rings. The van der Waals surface area contributed by atoms with Gasteiger partial charge in [0.15, 0.2) is 0 Å². The van der Waals surface area contributed by atoms with Gasteiger partial charge in [0.1, 0.15) is 6.04 Å². The van der Waals surface area contributed by atoms with E-state index < -0.39 is 22.2 Å². The summed E-state index contributed by atoms with van der Waals surface area (Å²) in [5, 5.41) is 9.20. The third-order valence-corrected chi connectivity index (χ3v) is 5.96. The molecule has 0 radical (unpaired) electrons. The molecule has 0 aromatic heterocycles. The van der Waals surface area contributed by atoms with Gasteiger partial charge >= 0.3 is 5.97 Å². The highest BCUT2D eigenvalue weighted by Gasteiger charge is 2.40. The van der Waals surface area contributed by atoms with Gasteiger partial charge in [-0.1, -0.05) is 6.92 Å². The molecule has 1 N–H and O–H groups in total. The summed E-state index contributed by atoms with van der Waals surface area (Å²) >= 11 is 0. The maximum Gasteiger partial charge on any atom is 0.322 e. The SMILES string of the molecule is CCN(CC1CC1)S(=O)(=O)N1CCCCC1C(=O)O. The number of aliphatic carboxylic acids is 1. The Morgan fingerprint density at radius 3 is 2.53 bits per heavy atom. The predicted octanol–water partition coefficient (Wildman–Crippen LogP) is 0.902. The van der Waals surface area contributed by atoms with E-state index in [0.717, 1.165) is 25.7 Å². The van der Waals surface area contributed by atoms with Crippen LogP contribution < -0.4 is 0 Å². The van der Waals surface area contributed by atoms with Gasteiger partial charge in [-0.2, -0.15) is 17.0 Å². The highest BCUT2D eigenvalue weighted by molar-refractivity contribution is 7.86. The average molecular weight is 290 g/mol. The Kier molecular flexibility index (Phi) is 4.47. The number of hydrogen-bond donors (Lipinski definition) is 1. The van der Waals surface area contributed by atoms with E-state index >= 15 is 0 Å². The van der Waals surface area contributed by atoms with E-state index in [9.17, 15) is 18.3 Å². The molecule has 0 spiro atoms. The normalized spacial score (nSPS) is 25.7. The lowest BCUT2D eigenvalue weighted by atomic mass is 10.1. The van der Waals surface area contributed by atoms with Crippen LogP contribution in [-0.4, -0.2) is 53.8 Å². The van der Waals surface area contributed by atoms with Gasteiger partial charge in [-0.3, -0.25) is 4.79 Å². The summed E-state index contributed by atoms with van der Waals surface area (Å²) in [5.74, 6) is -0.575. The minimum atomic E-state index is -3.64. The van der Waals surface area contributed by atoms with E-state index in [-0.39, 0.29) is 0 Å². The highest BCUT2D eigenvalue weighted by Crippen LogP contribution is 2.32. The first-order valence-electron chi connectivity index (χ1n) is 6.96. The Morgan fingerprint density at radius 2 is 2.00 bits per heavy atom. The minimum Gasteiger partial charge on any atom is -0.480 e. The number of nitrogens with zero attached hydrogens (tertiary/aromatic N) is 2. The zero-order valence-electron chi connectivity index (χ0n) is 11.3. The molecule has 1 saturated heterocycles. The minimum absolute atomic E-state index is 0.320. The Bertz CT molecular complexity index is 433. The molecule has 0 amide bonds. The molecule has 6 nitrogen and oxygen atoms in total. The van der Waals surface area contributed by atoms with Crippen molar-refractivity contribution in [3.8, 4) is 0 Å². The van der Waals surface area contributed by atoms with E-state index in [0.29, 0.717) is 32.0 Å². The van der Waals surface area contributed by atoms with Crippen LogP contribution in [0.3, 0.4) is 0 Å². The van der Waals surface area contributed by atoms with Crippen molar-refractivity contribution in [2.75, 3.05) is 19.6 Å². The standard InChI is InChI=1S/C12H22N2O4S/c1-2-13(9-10-6-7-10)19(17,18)14-8-4-3-5-11(14)12(15)16/h10-11H,2-9H2,1H3,(H,15,16). The van der Waals surface area contributed by atoms with Gasteiger partial charge in [0.2, 0.25) is 0 Å². The van der Waals surface area contributed by atoms with Crippen LogP contribution in [0.1, 0.15) is 39.0 Å². The molecule has 2 fully saturated rings. The molecule has 0 aromatic carbocycles. The maximum absolute atomic E-state index is 12.6. The highest BCUT2D eigenvalue weighted by atomic mass is 32.2. The van der Waals surface area contributed by atoms with Crippen molar-refractivity contribution in [3.05, 3.63) is 0 Å². The van der Waals surface area contributed by atoms with Crippen molar-refractivity contribution in [2.45, 2.75) is 45.1 Å². The fourth-order valence-corrected chi connectivity index (χ4v) is 4.45. The summed E-state index contributed by atoms with van der Waals surface area (Å²) < 4.78 is 27.8. The number of carboxylic acids is 1. The van der Waals surface area contributed by atoms with Gasteiger partial charge in [-0.25, -0.2) is 0 Å². The molecule has 1 unspecified atom stereocenters. The van der Waals surface area contributed by atoms with Crippen molar-refractivity contribution in [3.63, 3.8) is 0 Å². The van der Waals surface area contributed by atoms with E-state index in [1.807, 2.05) is 0 Å². The van der Waals surface area contributed by atoms with Crippen molar-refractivity contribution in [1.82, 2.24) is 8.61 Å². The Morgan fingerprint density at radius 1 is 1.32 bits per heavy atom. The first-order chi connectivity index (χ1) is 8.96. The number of rotatable bonds is 6. The lowest BCUT2D eigenvalue weighted by Gasteiger charge is -2.35. The third-order valence-electron chi connectivity index (χ3n) is 3.87. The lowest BCUT2D eigenvalue weighted by molar-refractivity contribution is -0.142. The topological polar surface area (TPSA) is 77.9 Å². The molecule has 0 bridgehead atoms. The van der Waals surface area contributed by atoms with Crippen LogP contribution in [-0.2, 0) is 15.0 Å². The number of piperidine rings is 1. The fraction of sp³-hybridized carbons (Fsp3) is 0.917. The van der Waals surface area contributed by atoms with Gasteiger partial charge in [0, 0.05) is 19.6 Å². The third kappa shape index (κ3) is 3.27. The summed E-state index contributed by atoms with van der Waals surface area (Å²) in [5.41, 5.74) is 0. The quantitative estimate of drug-likeness (QED) is 0.788. The second kappa shape index (κ2) is 5.76. The summed E-state index contributed by atoms with van der Waals surface area (Å²) in [6.07, 6.45) is 4.08. The summed E-state index contributed by atoms with van der Waals surface area (Å²) in [6, 6.07) is -0.896. The molecule has 2 rings (SSSR count).